The van der Waals surface area contributed by atoms with Crippen molar-refractivity contribution in [1.82, 2.24) is 10.2 Å². The van der Waals surface area contributed by atoms with Gasteiger partial charge in [0, 0.05) is 19.1 Å². The van der Waals surface area contributed by atoms with Crippen LogP contribution in [0.5, 0.6) is 0 Å². The third-order valence-corrected chi connectivity index (χ3v) is 3.49. The minimum atomic E-state index is -0.825. The molecule has 0 saturated heterocycles. The first-order chi connectivity index (χ1) is 9.10. The first-order valence-corrected chi connectivity index (χ1v) is 7.37. The van der Waals surface area contributed by atoms with Gasteiger partial charge in [0.1, 0.15) is 0 Å². The zero-order chi connectivity index (χ0) is 14.3. The first kappa shape index (κ1) is 15.8. The molecule has 1 fully saturated rings. The van der Waals surface area contributed by atoms with Crippen LogP contribution in [0.4, 0.5) is 4.79 Å². The number of carbonyl (C=O) groups is 2. The molecule has 2 N–H and O–H groups in total. The van der Waals surface area contributed by atoms with Gasteiger partial charge >= 0.3 is 12.0 Å². The Morgan fingerprint density at radius 1 is 1.32 bits per heavy atom. The van der Waals surface area contributed by atoms with E-state index in [9.17, 15) is 9.59 Å². The van der Waals surface area contributed by atoms with Crippen LogP contribution in [0.15, 0.2) is 0 Å². The average molecular weight is 270 g/mol. The summed E-state index contributed by atoms with van der Waals surface area (Å²) >= 11 is 0. The normalized spacial score (nSPS) is 15.9. The van der Waals surface area contributed by atoms with Crippen LogP contribution in [0.25, 0.3) is 0 Å². The van der Waals surface area contributed by atoms with Crippen LogP contribution in [-0.4, -0.2) is 41.1 Å². The molecule has 1 aliphatic rings. The quantitative estimate of drug-likeness (QED) is 0.676. The lowest BCUT2D eigenvalue weighted by Gasteiger charge is -2.23. The summed E-state index contributed by atoms with van der Waals surface area (Å²) in [5, 5.41) is 11.8. The zero-order valence-electron chi connectivity index (χ0n) is 12.0. The highest BCUT2D eigenvalue weighted by Gasteiger charge is 2.32. The fourth-order valence-corrected chi connectivity index (χ4v) is 2.14. The van der Waals surface area contributed by atoms with Crippen molar-refractivity contribution in [3.8, 4) is 0 Å². The van der Waals surface area contributed by atoms with Gasteiger partial charge in [-0.05, 0) is 25.7 Å². The highest BCUT2D eigenvalue weighted by molar-refractivity contribution is 5.76. The zero-order valence-corrected chi connectivity index (χ0v) is 12.0. The molecule has 0 aromatic carbocycles. The second-order valence-electron chi connectivity index (χ2n) is 5.29. The molecular weight excluding hydrogens is 244 g/mol. The number of nitrogens with zero attached hydrogens (tertiary/aromatic N) is 1. The summed E-state index contributed by atoms with van der Waals surface area (Å²) in [6, 6.07) is 0.277. The number of carboxylic acids is 1. The van der Waals surface area contributed by atoms with E-state index in [2.05, 4.69) is 12.2 Å². The van der Waals surface area contributed by atoms with E-state index in [1.54, 1.807) is 0 Å². The summed E-state index contributed by atoms with van der Waals surface area (Å²) in [7, 11) is 0. The van der Waals surface area contributed by atoms with E-state index in [0.29, 0.717) is 12.5 Å². The molecule has 2 amide bonds. The largest absolute Gasteiger partial charge is 0.481 e. The fourth-order valence-electron chi connectivity index (χ4n) is 2.14. The van der Waals surface area contributed by atoms with Crippen molar-refractivity contribution in [2.45, 2.75) is 58.4 Å². The van der Waals surface area contributed by atoms with Gasteiger partial charge < -0.3 is 15.3 Å². The number of nitrogens with one attached hydrogen (secondary N) is 1. The second-order valence-corrected chi connectivity index (χ2v) is 5.29. The maximum absolute atomic E-state index is 12.1. The van der Waals surface area contributed by atoms with E-state index in [0.717, 1.165) is 38.6 Å². The molecule has 1 unspecified atom stereocenters. The number of hydrogen-bond donors (Lipinski definition) is 2. The van der Waals surface area contributed by atoms with E-state index in [1.165, 1.54) is 0 Å². The standard InChI is InChI=1S/C14H26N2O3/c1-3-5-9-16(12-7-8-12)14(19)15-10-11(6-4-2)13(17)18/h11-12H,3-10H2,1-2H3,(H,15,19)(H,17,18). The predicted octanol–water partition coefficient (Wildman–Crippen LogP) is 2.46. The van der Waals surface area contributed by atoms with Gasteiger partial charge in [-0.25, -0.2) is 4.79 Å². The number of aliphatic carboxylic acids is 1. The molecule has 1 rings (SSSR count). The Morgan fingerprint density at radius 3 is 2.47 bits per heavy atom. The topological polar surface area (TPSA) is 69.6 Å². The molecule has 0 aromatic rings. The monoisotopic (exact) mass is 270 g/mol. The fraction of sp³-hybridized carbons (Fsp3) is 0.857. The van der Waals surface area contributed by atoms with Crippen LogP contribution >= 0.6 is 0 Å². The predicted molar refractivity (Wildman–Crippen MR) is 74.1 cm³/mol. The van der Waals surface area contributed by atoms with E-state index < -0.39 is 11.9 Å². The van der Waals surface area contributed by atoms with Crippen molar-refractivity contribution in [2.75, 3.05) is 13.1 Å². The lowest BCUT2D eigenvalue weighted by atomic mass is 10.0. The van der Waals surface area contributed by atoms with E-state index in [1.807, 2.05) is 11.8 Å². The highest BCUT2D eigenvalue weighted by Crippen LogP contribution is 2.27. The van der Waals surface area contributed by atoms with E-state index in [4.69, 9.17) is 5.11 Å². The van der Waals surface area contributed by atoms with Gasteiger partial charge in [-0.2, -0.15) is 0 Å². The summed E-state index contributed by atoms with van der Waals surface area (Å²) in [5.74, 6) is -1.30. The van der Waals surface area contributed by atoms with Crippen LogP contribution in [0.2, 0.25) is 0 Å². The minimum absolute atomic E-state index is 0.0988. The first-order valence-electron chi connectivity index (χ1n) is 7.37. The molecule has 0 heterocycles. The Bertz CT molecular complexity index is 303. The van der Waals surface area contributed by atoms with Gasteiger partial charge in [0.05, 0.1) is 5.92 Å². The number of unbranched alkanes of at least 4 members (excludes halogenated alkanes) is 1. The summed E-state index contributed by atoms with van der Waals surface area (Å²) < 4.78 is 0. The lowest BCUT2D eigenvalue weighted by molar-refractivity contribution is -0.141. The molecule has 0 aromatic heterocycles. The Labute approximate surface area is 115 Å². The SMILES string of the molecule is CCCCN(C(=O)NCC(CCC)C(=O)O)C1CC1. The maximum Gasteiger partial charge on any atom is 0.317 e. The third kappa shape index (κ3) is 5.49. The van der Waals surface area contributed by atoms with Gasteiger partial charge in [-0.1, -0.05) is 26.7 Å². The Morgan fingerprint density at radius 2 is 2.00 bits per heavy atom. The molecular formula is C14H26N2O3. The van der Waals surface area contributed by atoms with Crippen molar-refractivity contribution in [2.24, 2.45) is 5.92 Å². The molecule has 0 spiro atoms. The average Bonchev–Trinajstić information content (AvgIpc) is 3.19. The van der Waals surface area contributed by atoms with Crippen LogP contribution < -0.4 is 5.32 Å². The van der Waals surface area contributed by atoms with Gasteiger partial charge in [0.15, 0.2) is 0 Å². The number of carbonyl (C=O) groups excluding carboxylic acids is 1. The van der Waals surface area contributed by atoms with Crippen molar-refractivity contribution >= 4 is 12.0 Å². The summed E-state index contributed by atoms with van der Waals surface area (Å²) in [6.07, 6.45) is 5.64. The third-order valence-electron chi connectivity index (χ3n) is 3.49. The van der Waals surface area contributed by atoms with Gasteiger partial charge in [0.2, 0.25) is 0 Å². The number of amides is 2. The van der Waals surface area contributed by atoms with Crippen LogP contribution in [0, 0.1) is 5.92 Å². The van der Waals surface area contributed by atoms with Crippen molar-refractivity contribution in [3.63, 3.8) is 0 Å². The van der Waals surface area contributed by atoms with Crippen LogP contribution in [0.3, 0.4) is 0 Å². The van der Waals surface area contributed by atoms with Crippen molar-refractivity contribution < 1.29 is 14.7 Å². The van der Waals surface area contributed by atoms with Gasteiger partial charge in [-0.3, -0.25) is 4.79 Å². The number of urea groups is 1. The van der Waals surface area contributed by atoms with Crippen molar-refractivity contribution in [1.29, 1.82) is 0 Å². The maximum atomic E-state index is 12.1. The molecule has 5 heteroatoms. The molecule has 19 heavy (non-hydrogen) atoms. The molecule has 0 radical (unpaired) electrons. The Hall–Kier alpha value is -1.26. The smallest absolute Gasteiger partial charge is 0.317 e. The van der Waals surface area contributed by atoms with E-state index in [-0.39, 0.29) is 12.6 Å². The molecule has 110 valence electrons. The molecule has 5 nitrogen and oxygen atoms in total. The molecule has 0 aliphatic heterocycles. The molecule has 0 bridgehead atoms. The molecule has 1 saturated carbocycles. The minimum Gasteiger partial charge on any atom is -0.481 e. The van der Waals surface area contributed by atoms with Crippen molar-refractivity contribution in [3.05, 3.63) is 0 Å². The van der Waals surface area contributed by atoms with Crippen LogP contribution in [-0.2, 0) is 4.79 Å². The number of hydrogen-bond acceptors (Lipinski definition) is 2. The highest BCUT2D eigenvalue weighted by atomic mass is 16.4. The summed E-state index contributed by atoms with van der Waals surface area (Å²) in [4.78, 5) is 25.0. The Kier molecular flexibility index (Phi) is 6.67. The summed E-state index contributed by atoms with van der Waals surface area (Å²) in [5.41, 5.74) is 0. The summed E-state index contributed by atoms with van der Waals surface area (Å²) in [6.45, 7) is 5.07. The van der Waals surface area contributed by atoms with Gasteiger partial charge in [-0.15, -0.1) is 0 Å². The van der Waals surface area contributed by atoms with E-state index >= 15 is 0 Å². The molecule has 1 atom stereocenters. The van der Waals surface area contributed by atoms with Gasteiger partial charge in [0.25, 0.3) is 0 Å². The lowest BCUT2D eigenvalue weighted by Crippen LogP contribution is -2.44. The second kappa shape index (κ2) is 8.02. The van der Waals surface area contributed by atoms with Crippen LogP contribution in [0.1, 0.15) is 52.4 Å². The number of carboxylic acid groups (broad SMARTS) is 1. The Balaban J connectivity index is 2.40. The number of rotatable bonds is 9. The molecule has 1 aliphatic carbocycles.